The fraction of sp³-hybridized carbons (Fsp3) is 0.727. The van der Waals surface area contributed by atoms with Gasteiger partial charge in [0.25, 0.3) is 10.0 Å². The first-order valence-electron chi connectivity index (χ1n) is 6.13. The quantitative estimate of drug-likeness (QED) is 0.869. The topological polar surface area (TPSA) is 94.3 Å². The zero-order valence-corrected chi connectivity index (χ0v) is 12.7. The van der Waals surface area contributed by atoms with Crippen molar-refractivity contribution in [2.75, 3.05) is 25.5 Å². The molecule has 8 heteroatoms. The number of aromatic nitrogens is 1. The zero-order chi connectivity index (χ0) is 14.1. The van der Waals surface area contributed by atoms with E-state index in [4.69, 9.17) is 10.5 Å². The molecule has 1 saturated heterocycles. The molecule has 108 valence electrons. The van der Waals surface area contributed by atoms with Crippen molar-refractivity contribution >= 4 is 26.5 Å². The van der Waals surface area contributed by atoms with Crippen molar-refractivity contribution in [3.05, 3.63) is 5.69 Å². The van der Waals surface area contributed by atoms with Crippen molar-refractivity contribution < 1.29 is 13.2 Å². The lowest BCUT2D eigenvalue weighted by Crippen LogP contribution is -2.39. The van der Waals surface area contributed by atoms with E-state index in [-0.39, 0.29) is 14.8 Å². The lowest BCUT2D eigenvalue weighted by Gasteiger charge is -2.33. The molecule has 1 fully saturated rings. The van der Waals surface area contributed by atoms with Crippen LogP contribution in [0, 0.1) is 12.3 Å². The summed E-state index contributed by atoms with van der Waals surface area (Å²) in [4.78, 5) is 3.95. The molecule has 2 heterocycles. The summed E-state index contributed by atoms with van der Waals surface area (Å²) >= 11 is 0.998. The maximum atomic E-state index is 12.2. The van der Waals surface area contributed by atoms with Crippen LogP contribution < -0.4 is 10.5 Å². The normalized spacial score (nSPS) is 19.5. The number of ether oxygens (including phenoxy) is 1. The van der Waals surface area contributed by atoms with Crippen LogP contribution in [0.5, 0.6) is 0 Å². The Morgan fingerprint density at radius 1 is 1.47 bits per heavy atom. The summed E-state index contributed by atoms with van der Waals surface area (Å²) in [6, 6.07) is 0. The standard InChI is InChI=1S/C11H19N3O3S2/c1-8-9(18-10(12)14-8)19(15,16)13-7-11(2)3-5-17-6-4-11/h13H,3-7H2,1-2H3,(H2,12,14). The molecule has 0 atom stereocenters. The number of nitrogens with two attached hydrogens (primary N) is 1. The number of nitrogens with one attached hydrogen (secondary N) is 1. The van der Waals surface area contributed by atoms with E-state index in [9.17, 15) is 8.42 Å². The number of sulfonamides is 1. The molecule has 1 aliphatic heterocycles. The van der Waals surface area contributed by atoms with E-state index < -0.39 is 10.0 Å². The molecule has 0 saturated carbocycles. The van der Waals surface area contributed by atoms with Gasteiger partial charge in [-0.05, 0) is 25.2 Å². The van der Waals surface area contributed by atoms with Crippen molar-refractivity contribution in [1.82, 2.24) is 9.71 Å². The number of rotatable bonds is 4. The van der Waals surface area contributed by atoms with Crippen LogP contribution in [-0.2, 0) is 14.8 Å². The Labute approximate surface area is 117 Å². The number of thiazole rings is 1. The van der Waals surface area contributed by atoms with Gasteiger partial charge in [-0.15, -0.1) is 0 Å². The van der Waals surface area contributed by atoms with Crippen molar-refractivity contribution in [1.29, 1.82) is 0 Å². The maximum Gasteiger partial charge on any atom is 0.252 e. The molecule has 0 aliphatic carbocycles. The van der Waals surface area contributed by atoms with Crippen LogP contribution in [0.1, 0.15) is 25.5 Å². The Kier molecular flexibility index (Phi) is 4.14. The molecule has 19 heavy (non-hydrogen) atoms. The summed E-state index contributed by atoms with van der Waals surface area (Å²) in [6.45, 7) is 5.51. The zero-order valence-electron chi connectivity index (χ0n) is 11.1. The second-order valence-electron chi connectivity index (χ2n) is 5.17. The van der Waals surface area contributed by atoms with Crippen LogP contribution in [-0.4, -0.2) is 33.2 Å². The Morgan fingerprint density at radius 2 is 2.11 bits per heavy atom. The van der Waals surface area contributed by atoms with Gasteiger partial charge in [-0.25, -0.2) is 18.1 Å². The minimum absolute atomic E-state index is 0.0462. The van der Waals surface area contributed by atoms with Crippen LogP contribution in [0.25, 0.3) is 0 Å². The van der Waals surface area contributed by atoms with Crippen LogP contribution in [0.3, 0.4) is 0 Å². The largest absolute Gasteiger partial charge is 0.381 e. The lowest BCUT2D eigenvalue weighted by molar-refractivity contribution is 0.0265. The van der Waals surface area contributed by atoms with Gasteiger partial charge in [-0.3, -0.25) is 0 Å². The monoisotopic (exact) mass is 305 g/mol. The van der Waals surface area contributed by atoms with E-state index in [0.29, 0.717) is 25.5 Å². The molecule has 0 spiro atoms. The number of hydrogen-bond acceptors (Lipinski definition) is 6. The summed E-state index contributed by atoms with van der Waals surface area (Å²) in [5.74, 6) is 0. The average Bonchev–Trinajstić information content (AvgIpc) is 2.68. The van der Waals surface area contributed by atoms with E-state index in [2.05, 4.69) is 16.6 Å². The van der Waals surface area contributed by atoms with Gasteiger partial charge in [0, 0.05) is 19.8 Å². The predicted molar refractivity (Wildman–Crippen MR) is 74.6 cm³/mol. The van der Waals surface area contributed by atoms with E-state index in [1.54, 1.807) is 6.92 Å². The van der Waals surface area contributed by atoms with Crippen molar-refractivity contribution in [3.63, 3.8) is 0 Å². The summed E-state index contributed by atoms with van der Waals surface area (Å²) in [5.41, 5.74) is 5.94. The number of anilines is 1. The van der Waals surface area contributed by atoms with Crippen LogP contribution >= 0.6 is 11.3 Å². The summed E-state index contributed by atoms with van der Waals surface area (Å²) < 4.78 is 32.6. The molecule has 1 aromatic heterocycles. The maximum absolute atomic E-state index is 12.2. The van der Waals surface area contributed by atoms with E-state index in [1.165, 1.54) is 0 Å². The molecule has 0 amide bonds. The SMILES string of the molecule is Cc1nc(N)sc1S(=O)(=O)NCC1(C)CCOCC1. The molecule has 0 bridgehead atoms. The van der Waals surface area contributed by atoms with Crippen molar-refractivity contribution in [2.24, 2.45) is 5.41 Å². The highest BCUT2D eigenvalue weighted by molar-refractivity contribution is 7.91. The minimum Gasteiger partial charge on any atom is -0.381 e. The molecule has 2 rings (SSSR count). The second-order valence-corrected chi connectivity index (χ2v) is 8.17. The van der Waals surface area contributed by atoms with Gasteiger partial charge in [0.15, 0.2) is 9.34 Å². The van der Waals surface area contributed by atoms with E-state index in [1.807, 2.05) is 0 Å². The first-order valence-corrected chi connectivity index (χ1v) is 8.43. The van der Waals surface area contributed by atoms with Gasteiger partial charge >= 0.3 is 0 Å². The summed E-state index contributed by atoms with van der Waals surface area (Å²) in [7, 11) is -3.52. The van der Waals surface area contributed by atoms with Crippen LogP contribution in [0.2, 0.25) is 0 Å². The van der Waals surface area contributed by atoms with Gasteiger partial charge in [0.2, 0.25) is 0 Å². The number of hydrogen-bond donors (Lipinski definition) is 2. The molecular formula is C11H19N3O3S2. The average molecular weight is 305 g/mol. The Hall–Kier alpha value is -0.700. The van der Waals surface area contributed by atoms with Crippen molar-refractivity contribution in [2.45, 2.75) is 30.9 Å². The molecule has 0 aromatic carbocycles. The number of nitrogen functional groups attached to an aromatic ring is 1. The minimum atomic E-state index is -3.52. The highest BCUT2D eigenvalue weighted by atomic mass is 32.2. The molecule has 0 unspecified atom stereocenters. The highest BCUT2D eigenvalue weighted by Gasteiger charge is 2.30. The Morgan fingerprint density at radius 3 is 2.63 bits per heavy atom. The third-order valence-corrected chi connectivity index (χ3v) is 6.40. The Bertz CT molecular complexity index is 548. The molecular weight excluding hydrogens is 286 g/mol. The van der Waals surface area contributed by atoms with Gasteiger partial charge in [0.1, 0.15) is 0 Å². The van der Waals surface area contributed by atoms with Crippen LogP contribution in [0.4, 0.5) is 5.13 Å². The highest BCUT2D eigenvalue weighted by Crippen LogP contribution is 2.30. The fourth-order valence-corrected chi connectivity index (χ4v) is 4.57. The molecule has 1 aromatic rings. The molecule has 6 nitrogen and oxygen atoms in total. The second kappa shape index (κ2) is 5.35. The number of nitrogens with zero attached hydrogens (tertiary/aromatic N) is 1. The summed E-state index contributed by atoms with van der Waals surface area (Å²) in [6.07, 6.45) is 1.72. The molecule has 1 aliphatic rings. The first-order chi connectivity index (χ1) is 8.82. The molecule has 3 N–H and O–H groups in total. The third kappa shape index (κ3) is 3.44. The van der Waals surface area contributed by atoms with Crippen molar-refractivity contribution in [3.8, 4) is 0 Å². The van der Waals surface area contributed by atoms with E-state index >= 15 is 0 Å². The van der Waals surface area contributed by atoms with Gasteiger partial charge in [-0.2, -0.15) is 0 Å². The first kappa shape index (κ1) is 14.7. The van der Waals surface area contributed by atoms with E-state index in [0.717, 1.165) is 24.2 Å². The van der Waals surface area contributed by atoms with Gasteiger partial charge < -0.3 is 10.5 Å². The fourth-order valence-electron chi connectivity index (χ4n) is 2.03. The van der Waals surface area contributed by atoms with Gasteiger partial charge in [-0.1, -0.05) is 18.3 Å². The Balaban J connectivity index is 2.07. The summed E-state index contributed by atoms with van der Waals surface area (Å²) in [5, 5.41) is 0.273. The van der Waals surface area contributed by atoms with Gasteiger partial charge in [0.05, 0.1) is 5.69 Å². The lowest BCUT2D eigenvalue weighted by atomic mass is 9.83. The smallest absolute Gasteiger partial charge is 0.252 e. The van der Waals surface area contributed by atoms with Crippen LogP contribution in [0.15, 0.2) is 4.21 Å². The molecule has 0 radical (unpaired) electrons. The number of aryl methyl sites for hydroxylation is 1. The predicted octanol–water partition coefficient (Wildman–Crippen LogP) is 1.13. The third-order valence-electron chi connectivity index (χ3n) is 3.40.